The van der Waals surface area contributed by atoms with E-state index in [2.05, 4.69) is 17.6 Å². The van der Waals surface area contributed by atoms with Crippen molar-refractivity contribution in [3.8, 4) is 0 Å². The SMILES string of the molecule is CNC[C@@H]1CCc2scc(C)c21. The van der Waals surface area contributed by atoms with Crippen LogP contribution in [0.15, 0.2) is 5.38 Å². The van der Waals surface area contributed by atoms with E-state index < -0.39 is 0 Å². The molecule has 0 bridgehead atoms. The normalized spacial score (nSPS) is 21.3. The summed E-state index contributed by atoms with van der Waals surface area (Å²) in [5.74, 6) is 0.788. The maximum atomic E-state index is 3.27. The Balaban J connectivity index is 2.27. The molecule has 1 aromatic rings. The summed E-state index contributed by atoms with van der Waals surface area (Å²) in [7, 11) is 2.04. The fraction of sp³-hybridized carbons (Fsp3) is 0.600. The standard InChI is InChI=1S/C10H15NS/c1-7-6-12-9-4-3-8(5-11-2)10(7)9/h6,8,11H,3-5H2,1-2H3/t8-/m0/s1. The fourth-order valence-corrected chi connectivity index (χ4v) is 3.29. The summed E-state index contributed by atoms with van der Waals surface area (Å²) >= 11 is 1.94. The van der Waals surface area contributed by atoms with Crippen LogP contribution in [0.1, 0.15) is 28.3 Å². The van der Waals surface area contributed by atoms with E-state index in [-0.39, 0.29) is 0 Å². The third-order valence-electron chi connectivity index (χ3n) is 2.68. The largest absolute Gasteiger partial charge is 0.319 e. The third kappa shape index (κ3) is 1.19. The number of fused-ring (bicyclic) bond motifs is 1. The molecule has 0 saturated heterocycles. The van der Waals surface area contributed by atoms with Crippen LogP contribution >= 0.6 is 11.3 Å². The van der Waals surface area contributed by atoms with Crippen molar-refractivity contribution in [3.63, 3.8) is 0 Å². The minimum atomic E-state index is 0.788. The highest BCUT2D eigenvalue weighted by atomic mass is 32.1. The van der Waals surface area contributed by atoms with E-state index in [0.29, 0.717) is 0 Å². The number of rotatable bonds is 2. The number of aryl methyl sites for hydroxylation is 2. The van der Waals surface area contributed by atoms with Crippen molar-refractivity contribution in [2.45, 2.75) is 25.7 Å². The number of likely N-dealkylation sites (N-methyl/N-ethyl adjacent to an activating group) is 1. The summed E-state index contributed by atoms with van der Waals surface area (Å²) < 4.78 is 0. The van der Waals surface area contributed by atoms with Gasteiger partial charge in [0.15, 0.2) is 0 Å². The van der Waals surface area contributed by atoms with Crippen molar-refractivity contribution in [1.29, 1.82) is 0 Å². The van der Waals surface area contributed by atoms with E-state index in [1.54, 1.807) is 10.4 Å². The maximum absolute atomic E-state index is 3.27. The van der Waals surface area contributed by atoms with E-state index >= 15 is 0 Å². The molecule has 0 amide bonds. The van der Waals surface area contributed by atoms with E-state index in [4.69, 9.17) is 0 Å². The van der Waals surface area contributed by atoms with Crippen LogP contribution in [0.5, 0.6) is 0 Å². The summed E-state index contributed by atoms with van der Waals surface area (Å²) in [6, 6.07) is 0. The zero-order chi connectivity index (χ0) is 8.55. The molecule has 1 N–H and O–H groups in total. The summed E-state index contributed by atoms with van der Waals surface area (Å²) in [4.78, 5) is 1.63. The molecule has 1 aliphatic carbocycles. The minimum Gasteiger partial charge on any atom is -0.319 e. The first-order valence-electron chi connectivity index (χ1n) is 4.54. The topological polar surface area (TPSA) is 12.0 Å². The lowest BCUT2D eigenvalue weighted by Crippen LogP contribution is -2.15. The summed E-state index contributed by atoms with van der Waals surface area (Å²) in [5.41, 5.74) is 3.15. The molecule has 2 rings (SSSR count). The molecule has 2 heteroatoms. The van der Waals surface area contributed by atoms with Crippen LogP contribution in [0.25, 0.3) is 0 Å². The lowest BCUT2D eigenvalue weighted by atomic mass is 10.0. The van der Waals surface area contributed by atoms with E-state index in [9.17, 15) is 0 Å². The van der Waals surface area contributed by atoms with Crippen molar-refractivity contribution in [3.05, 3.63) is 21.4 Å². The van der Waals surface area contributed by atoms with Crippen molar-refractivity contribution in [2.24, 2.45) is 0 Å². The third-order valence-corrected chi connectivity index (χ3v) is 3.86. The Morgan fingerprint density at radius 2 is 2.50 bits per heavy atom. The van der Waals surface area contributed by atoms with Crippen LogP contribution in [-0.4, -0.2) is 13.6 Å². The van der Waals surface area contributed by atoms with Crippen LogP contribution in [-0.2, 0) is 6.42 Å². The Labute approximate surface area is 77.8 Å². The molecule has 1 aliphatic rings. The number of hydrogen-bond acceptors (Lipinski definition) is 2. The predicted octanol–water partition coefficient (Wildman–Crippen LogP) is 2.31. The van der Waals surface area contributed by atoms with Crippen molar-refractivity contribution < 1.29 is 0 Å². The first-order valence-corrected chi connectivity index (χ1v) is 5.42. The van der Waals surface area contributed by atoms with Crippen molar-refractivity contribution >= 4 is 11.3 Å². The second-order valence-electron chi connectivity index (χ2n) is 3.55. The Morgan fingerprint density at radius 3 is 3.25 bits per heavy atom. The summed E-state index contributed by atoms with van der Waals surface area (Å²) in [6.45, 7) is 3.38. The second-order valence-corrected chi connectivity index (χ2v) is 4.51. The van der Waals surface area contributed by atoms with Gasteiger partial charge >= 0.3 is 0 Å². The average molecular weight is 181 g/mol. The van der Waals surface area contributed by atoms with Gasteiger partial charge in [-0.05, 0) is 49.2 Å². The van der Waals surface area contributed by atoms with Gasteiger partial charge in [-0.2, -0.15) is 0 Å². The Morgan fingerprint density at radius 1 is 1.67 bits per heavy atom. The van der Waals surface area contributed by atoms with Gasteiger partial charge in [0.2, 0.25) is 0 Å². The van der Waals surface area contributed by atoms with Gasteiger partial charge in [0.1, 0.15) is 0 Å². The highest BCUT2D eigenvalue weighted by Crippen LogP contribution is 2.38. The molecule has 66 valence electrons. The van der Waals surface area contributed by atoms with Gasteiger partial charge in [-0.3, -0.25) is 0 Å². The molecular weight excluding hydrogens is 166 g/mol. The molecule has 0 spiro atoms. The number of thiophene rings is 1. The number of hydrogen-bond donors (Lipinski definition) is 1. The van der Waals surface area contributed by atoms with Crippen LogP contribution in [0.4, 0.5) is 0 Å². The van der Waals surface area contributed by atoms with Crippen molar-refractivity contribution in [1.82, 2.24) is 5.32 Å². The molecule has 0 aromatic carbocycles. The lowest BCUT2D eigenvalue weighted by molar-refractivity contribution is 0.621. The minimum absolute atomic E-state index is 0.788. The summed E-state index contributed by atoms with van der Waals surface area (Å²) in [6.07, 6.45) is 2.66. The molecule has 0 radical (unpaired) electrons. The van der Waals surface area contributed by atoms with Crippen LogP contribution in [0.3, 0.4) is 0 Å². The van der Waals surface area contributed by atoms with Gasteiger partial charge in [-0.1, -0.05) is 0 Å². The zero-order valence-corrected chi connectivity index (χ0v) is 8.50. The Hall–Kier alpha value is -0.340. The van der Waals surface area contributed by atoms with Gasteiger partial charge in [0.25, 0.3) is 0 Å². The van der Waals surface area contributed by atoms with Gasteiger partial charge in [0, 0.05) is 11.4 Å². The molecular formula is C10H15NS. The van der Waals surface area contributed by atoms with E-state index in [1.165, 1.54) is 18.4 Å². The fourth-order valence-electron chi connectivity index (χ4n) is 2.15. The monoisotopic (exact) mass is 181 g/mol. The Bertz CT molecular complexity index is 277. The first-order chi connectivity index (χ1) is 5.83. The molecule has 12 heavy (non-hydrogen) atoms. The second kappa shape index (κ2) is 3.19. The molecule has 1 nitrogen and oxygen atoms in total. The number of nitrogens with one attached hydrogen (secondary N) is 1. The van der Waals surface area contributed by atoms with Crippen LogP contribution < -0.4 is 5.32 Å². The quantitative estimate of drug-likeness (QED) is 0.738. The first kappa shape index (κ1) is 8.27. The molecule has 0 fully saturated rings. The molecule has 1 aromatic heterocycles. The van der Waals surface area contributed by atoms with Crippen LogP contribution in [0, 0.1) is 6.92 Å². The highest BCUT2D eigenvalue weighted by molar-refractivity contribution is 7.10. The molecule has 1 atom stereocenters. The molecule has 0 aliphatic heterocycles. The Kier molecular flexibility index (Phi) is 2.20. The van der Waals surface area contributed by atoms with Crippen LogP contribution in [0.2, 0.25) is 0 Å². The van der Waals surface area contributed by atoms with E-state index in [0.717, 1.165) is 12.5 Å². The molecule has 1 heterocycles. The molecule has 0 unspecified atom stereocenters. The van der Waals surface area contributed by atoms with Gasteiger partial charge in [-0.15, -0.1) is 11.3 Å². The van der Waals surface area contributed by atoms with Gasteiger partial charge in [0.05, 0.1) is 0 Å². The van der Waals surface area contributed by atoms with Gasteiger partial charge < -0.3 is 5.32 Å². The predicted molar refractivity (Wildman–Crippen MR) is 54.0 cm³/mol. The summed E-state index contributed by atoms with van der Waals surface area (Å²) in [5, 5.41) is 5.57. The average Bonchev–Trinajstić information content (AvgIpc) is 2.58. The lowest BCUT2D eigenvalue weighted by Gasteiger charge is -2.09. The smallest absolute Gasteiger partial charge is 0.00834 e. The zero-order valence-electron chi connectivity index (χ0n) is 7.68. The highest BCUT2D eigenvalue weighted by Gasteiger charge is 2.24. The molecule has 0 saturated carbocycles. The van der Waals surface area contributed by atoms with E-state index in [1.807, 2.05) is 18.4 Å². The van der Waals surface area contributed by atoms with Gasteiger partial charge in [-0.25, -0.2) is 0 Å². The maximum Gasteiger partial charge on any atom is 0.00834 e. The van der Waals surface area contributed by atoms with Crippen molar-refractivity contribution in [2.75, 3.05) is 13.6 Å².